The van der Waals surface area contributed by atoms with Crippen LogP contribution >= 0.6 is 0 Å². The summed E-state index contributed by atoms with van der Waals surface area (Å²) in [6, 6.07) is 0. The average Bonchev–Trinajstić information content (AvgIpc) is 2.85. The lowest BCUT2D eigenvalue weighted by atomic mass is 9.60. The minimum atomic E-state index is -1.62. The van der Waals surface area contributed by atoms with Gasteiger partial charge in [-0.2, -0.15) is 0 Å². The van der Waals surface area contributed by atoms with Crippen LogP contribution in [0.4, 0.5) is 0 Å². The van der Waals surface area contributed by atoms with Crippen LogP contribution in [0.1, 0.15) is 6.42 Å². The van der Waals surface area contributed by atoms with Crippen LogP contribution in [0.15, 0.2) is 0 Å². The van der Waals surface area contributed by atoms with Gasteiger partial charge < -0.3 is 19.8 Å². The molecule has 7 aliphatic carbocycles. The van der Waals surface area contributed by atoms with Crippen LogP contribution in [0, 0.1) is 64.6 Å². The maximum atomic E-state index is 11.7. The number of carbonyl (C=O) groups excluding carboxylic acids is 2. The molecule has 4 bridgehead atoms. The van der Waals surface area contributed by atoms with Gasteiger partial charge in [0, 0.05) is 0 Å². The lowest BCUT2D eigenvalue weighted by molar-refractivity contribution is -0.347. The summed E-state index contributed by atoms with van der Waals surface area (Å²) in [5.74, 6) is 1.14. The third kappa shape index (κ3) is 0.466. The van der Waals surface area contributed by atoms with Crippen LogP contribution in [0.3, 0.4) is 0 Å². The van der Waals surface area contributed by atoms with Crippen LogP contribution in [-0.4, -0.2) is 11.9 Å². The van der Waals surface area contributed by atoms with Gasteiger partial charge in [0.1, 0.15) is 0 Å². The second-order valence-electron chi connectivity index (χ2n) is 7.52. The zero-order valence-electron chi connectivity index (χ0n) is 9.61. The van der Waals surface area contributed by atoms with Crippen molar-refractivity contribution in [1.29, 1.82) is 0 Å². The normalized spacial score (nSPS) is 69.1. The Morgan fingerprint density at radius 3 is 1.61 bits per heavy atom. The molecule has 18 heavy (non-hydrogen) atoms. The molecule has 0 heterocycles. The van der Waals surface area contributed by atoms with Crippen LogP contribution in [0.5, 0.6) is 0 Å². The lowest BCUT2D eigenvalue weighted by Gasteiger charge is -2.44. The van der Waals surface area contributed by atoms with E-state index in [-0.39, 0.29) is 11.8 Å². The van der Waals surface area contributed by atoms with E-state index >= 15 is 0 Å². The van der Waals surface area contributed by atoms with Gasteiger partial charge in [-0.25, -0.2) is 0 Å². The summed E-state index contributed by atoms with van der Waals surface area (Å²) in [5.41, 5.74) is -1.62. The molecule has 0 aliphatic heterocycles. The molecule has 0 aromatic carbocycles. The number of rotatable bonds is 2. The van der Waals surface area contributed by atoms with Gasteiger partial charge in [-0.15, -0.1) is 0 Å². The summed E-state index contributed by atoms with van der Waals surface area (Å²) in [6.45, 7) is 0. The fraction of sp³-hybridized carbons (Fsp3) is 0.857. The quantitative estimate of drug-likeness (QED) is 0.532. The second kappa shape index (κ2) is 2.02. The maximum Gasteiger partial charge on any atom is 0.0562 e. The van der Waals surface area contributed by atoms with Gasteiger partial charge in [-0.1, -0.05) is 0 Å². The molecule has 0 saturated heterocycles. The summed E-state index contributed by atoms with van der Waals surface area (Å²) in [4.78, 5) is 23.3. The first kappa shape index (κ1) is 8.94. The highest BCUT2D eigenvalue weighted by Gasteiger charge is 2.92. The van der Waals surface area contributed by atoms with Gasteiger partial charge in [-0.3, -0.25) is 0 Å². The molecule has 10 unspecified atom stereocenters. The molecule has 7 fully saturated rings. The Bertz CT molecular complexity index is 502. The Morgan fingerprint density at radius 1 is 0.778 bits per heavy atom. The van der Waals surface area contributed by atoms with Crippen LogP contribution < -0.4 is 10.2 Å². The Hall–Kier alpha value is -1.06. The zero-order valence-corrected chi connectivity index (χ0v) is 9.61. The Labute approximate surface area is 103 Å². The molecular formula is C14H12O4-2. The highest BCUT2D eigenvalue weighted by Crippen LogP contribution is 2.94. The molecule has 0 N–H and O–H groups in total. The molecule has 0 aromatic rings. The molecule has 0 amide bonds. The molecule has 7 saturated carbocycles. The molecule has 7 aliphatic rings. The SMILES string of the molecule is O=C([O-])C1(C(=O)[O-])C2C3C4CC5C6C4C2C6C1C53. The van der Waals surface area contributed by atoms with Crippen molar-refractivity contribution in [1.82, 2.24) is 0 Å². The standard InChI is InChI=1S/C14H14O4/c15-12(16)14(13(17)18)10-6-2-1-3-5-4(2)8(10)9(5)11(14)7(3)6/h2-11H,1H2,(H,15,16)(H,17,18)/p-2. The third-order valence-electron chi connectivity index (χ3n) is 8.13. The van der Waals surface area contributed by atoms with E-state index in [9.17, 15) is 19.8 Å². The molecule has 0 spiro atoms. The molecule has 0 radical (unpaired) electrons. The largest absolute Gasteiger partial charge is 0.549 e. The van der Waals surface area contributed by atoms with Gasteiger partial charge in [0.2, 0.25) is 0 Å². The van der Waals surface area contributed by atoms with Crippen LogP contribution in [-0.2, 0) is 9.59 Å². The number of hydrogen-bond donors (Lipinski definition) is 0. The number of carbonyl (C=O) groups is 2. The van der Waals surface area contributed by atoms with E-state index in [1.54, 1.807) is 0 Å². The van der Waals surface area contributed by atoms with Crippen LogP contribution in [0.25, 0.3) is 0 Å². The Kier molecular flexibility index (Phi) is 1.00. The van der Waals surface area contributed by atoms with E-state index in [1.165, 1.54) is 6.42 Å². The van der Waals surface area contributed by atoms with Gasteiger partial charge in [0.05, 0.1) is 17.4 Å². The Morgan fingerprint density at radius 2 is 1.22 bits per heavy atom. The van der Waals surface area contributed by atoms with Crippen molar-refractivity contribution in [3.8, 4) is 0 Å². The van der Waals surface area contributed by atoms with E-state index in [0.29, 0.717) is 47.3 Å². The number of carboxylic acid groups (broad SMARTS) is 2. The minimum absolute atomic E-state index is 0.147. The molecule has 10 atom stereocenters. The fourth-order valence-corrected chi connectivity index (χ4v) is 8.60. The monoisotopic (exact) mass is 244 g/mol. The summed E-state index contributed by atoms with van der Waals surface area (Å²) in [5, 5.41) is 23.3. The predicted molar refractivity (Wildman–Crippen MR) is 52.0 cm³/mol. The first-order valence-corrected chi connectivity index (χ1v) is 7.04. The predicted octanol–water partition coefficient (Wildman–Crippen LogP) is -1.89. The first-order valence-electron chi connectivity index (χ1n) is 7.04. The van der Waals surface area contributed by atoms with Crippen molar-refractivity contribution in [2.24, 2.45) is 64.6 Å². The van der Waals surface area contributed by atoms with Gasteiger partial charge in [0.25, 0.3) is 0 Å². The molecule has 94 valence electrons. The Balaban J connectivity index is 1.69. The second-order valence-corrected chi connectivity index (χ2v) is 7.52. The van der Waals surface area contributed by atoms with E-state index in [1.807, 2.05) is 0 Å². The summed E-state index contributed by atoms with van der Waals surface area (Å²) < 4.78 is 0. The van der Waals surface area contributed by atoms with Crippen molar-refractivity contribution in [2.45, 2.75) is 6.42 Å². The fourth-order valence-electron chi connectivity index (χ4n) is 8.60. The van der Waals surface area contributed by atoms with E-state index in [4.69, 9.17) is 0 Å². The smallest absolute Gasteiger partial charge is 0.0562 e. The number of aliphatic carboxylic acids is 2. The molecular weight excluding hydrogens is 232 g/mol. The maximum absolute atomic E-state index is 11.7. The zero-order chi connectivity index (χ0) is 12.1. The van der Waals surface area contributed by atoms with E-state index in [2.05, 4.69) is 0 Å². The minimum Gasteiger partial charge on any atom is -0.549 e. The van der Waals surface area contributed by atoms with Gasteiger partial charge in [-0.05, 0) is 65.6 Å². The summed E-state index contributed by atoms with van der Waals surface area (Å²) in [7, 11) is 0. The summed E-state index contributed by atoms with van der Waals surface area (Å²) in [6.07, 6.45) is 1.25. The van der Waals surface area contributed by atoms with E-state index in [0.717, 1.165) is 0 Å². The molecule has 7 rings (SSSR count). The van der Waals surface area contributed by atoms with E-state index < -0.39 is 17.4 Å². The third-order valence-corrected chi connectivity index (χ3v) is 8.13. The van der Waals surface area contributed by atoms with Gasteiger partial charge >= 0.3 is 0 Å². The molecule has 4 nitrogen and oxygen atoms in total. The number of hydrogen-bond acceptors (Lipinski definition) is 4. The highest BCUT2D eigenvalue weighted by molar-refractivity contribution is 5.99. The topological polar surface area (TPSA) is 80.3 Å². The van der Waals surface area contributed by atoms with Crippen molar-refractivity contribution < 1.29 is 19.8 Å². The van der Waals surface area contributed by atoms with Crippen LogP contribution in [0.2, 0.25) is 0 Å². The van der Waals surface area contributed by atoms with Crippen molar-refractivity contribution >= 4 is 11.9 Å². The lowest BCUT2D eigenvalue weighted by Crippen LogP contribution is -2.57. The number of carboxylic acids is 2. The van der Waals surface area contributed by atoms with Crippen molar-refractivity contribution in [3.05, 3.63) is 0 Å². The van der Waals surface area contributed by atoms with Crippen molar-refractivity contribution in [2.75, 3.05) is 0 Å². The average molecular weight is 244 g/mol. The summed E-state index contributed by atoms with van der Waals surface area (Å²) >= 11 is 0. The molecule has 4 heteroatoms. The first-order chi connectivity index (χ1) is 8.61. The highest BCUT2D eigenvalue weighted by atomic mass is 16.4. The van der Waals surface area contributed by atoms with Crippen molar-refractivity contribution in [3.63, 3.8) is 0 Å². The van der Waals surface area contributed by atoms with Gasteiger partial charge in [0.15, 0.2) is 0 Å². The molecule has 0 aromatic heterocycles.